The number of nitro groups is 1. The summed E-state index contributed by atoms with van der Waals surface area (Å²) in [6.45, 7) is 0. The fourth-order valence-electron chi connectivity index (χ4n) is 0.697. The second-order valence-electron chi connectivity index (χ2n) is 2.26. The third-order valence-corrected chi connectivity index (χ3v) is 2.84. The van der Waals surface area contributed by atoms with Crippen molar-refractivity contribution in [2.75, 3.05) is 0 Å². The standard InChI is InChI=1S/C6H2BrF3N2O2S/c7-3-1-2-4(12(13)14)11-5(3)15-6(8,9)10/h1-2H. The molecule has 0 atom stereocenters. The highest BCUT2D eigenvalue weighted by Crippen LogP contribution is 2.39. The Labute approximate surface area is 94.2 Å². The molecule has 1 aromatic heterocycles. The van der Waals surface area contributed by atoms with Crippen molar-refractivity contribution < 1.29 is 18.1 Å². The minimum Gasteiger partial charge on any atom is -0.358 e. The zero-order valence-corrected chi connectivity index (χ0v) is 9.19. The molecule has 0 aliphatic carbocycles. The van der Waals surface area contributed by atoms with Crippen molar-refractivity contribution in [3.8, 4) is 0 Å². The van der Waals surface area contributed by atoms with Gasteiger partial charge in [0.15, 0.2) is 0 Å². The van der Waals surface area contributed by atoms with E-state index in [9.17, 15) is 23.3 Å². The molecule has 0 amide bonds. The number of nitrogens with zero attached hydrogens (tertiary/aromatic N) is 2. The van der Waals surface area contributed by atoms with Gasteiger partial charge < -0.3 is 10.1 Å². The fraction of sp³-hybridized carbons (Fsp3) is 0.167. The van der Waals surface area contributed by atoms with E-state index < -0.39 is 33.0 Å². The third-order valence-electron chi connectivity index (χ3n) is 1.20. The summed E-state index contributed by atoms with van der Waals surface area (Å²) in [6, 6.07) is 2.17. The van der Waals surface area contributed by atoms with Gasteiger partial charge in [-0.15, -0.1) is 0 Å². The molecule has 4 nitrogen and oxygen atoms in total. The first-order chi connectivity index (χ1) is 6.79. The maximum Gasteiger partial charge on any atom is 0.449 e. The van der Waals surface area contributed by atoms with Gasteiger partial charge >= 0.3 is 11.3 Å². The van der Waals surface area contributed by atoms with E-state index in [1.54, 1.807) is 0 Å². The van der Waals surface area contributed by atoms with Gasteiger partial charge in [0.2, 0.25) is 5.03 Å². The van der Waals surface area contributed by atoms with Crippen molar-refractivity contribution in [2.24, 2.45) is 0 Å². The second-order valence-corrected chi connectivity index (χ2v) is 4.17. The summed E-state index contributed by atoms with van der Waals surface area (Å²) < 4.78 is 36.0. The van der Waals surface area contributed by atoms with E-state index in [1.807, 2.05) is 0 Å². The van der Waals surface area contributed by atoms with Crippen LogP contribution in [0.15, 0.2) is 21.6 Å². The van der Waals surface area contributed by atoms with Gasteiger partial charge in [-0.1, -0.05) is 0 Å². The summed E-state index contributed by atoms with van der Waals surface area (Å²) in [7, 11) is 0. The van der Waals surface area contributed by atoms with Gasteiger partial charge in [-0.2, -0.15) is 13.2 Å². The molecule has 1 heterocycles. The van der Waals surface area contributed by atoms with Crippen molar-refractivity contribution in [2.45, 2.75) is 10.5 Å². The molecule has 1 rings (SSSR count). The third kappa shape index (κ3) is 3.67. The summed E-state index contributed by atoms with van der Waals surface area (Å²) in [5.41, 5.74) is -4.52. The van der Waals surface area contributed by atoms with Crippen LogP contribution in [0, 0.1) is 10.1 Å². The molecule has 0 saturated heterocycles. The van der Waals surface area contributed by atoms with Crippen LogP contribution in [-0.2, 0) is 0 Å². The van der Waals surface area contributed by atoms with E-state index in [1.165, 1.54) is 0 Å². The van der Waals surface area contributed by atoms with Gasteiger partial charge in [-0.3, -0.25) is 0 Å². The van der Waals surface area contributed by atoms with E-state index in [2.05, 4.69) is 20.9 Å². The molecule has 82 valence electrons. The molecule has 0 radical (unpaired) electrons. The average Bonchev–Trinajstić information content (AvgIpc) is 2.06. The summed E-state index contributed by atoms with van der Waals surface area (Å²) in [4.78, 5) is 12.7. The molecular formula is C6H2BrF3N2O2S. The normalized spacial score (nSPS) is 11.5. The molecule has 1 aromatic rings. The Balaban J connectivity index is 3.06. The number of halogens is 4. The van der Waals surface area contributed by atoms with Crippen LogP contribution in [0.5, 0.6) is 0 Å². The highest BCUT2D eigenvalue weighted by molar-refractivity contribution is 9.10. The first kappa shape index (κ1) is 12.2. The van der Waals surface area contributed by atoms with Crippen LogP contribution < -0.4 is 0 Å². The zero-order valence-electron chi connectivity index (χ0n) is 6.79. The summed E-state index contributed by atoms with van der Waals surface area (Å²) in [6.07, 6.45) is 0. The molecular weight excluding hydrogens is 301 g/mol. The molecule has 0 aromatic carbocycles. The van der Waals surface area contributed by atoms with Crippen molar-refractivity contribution in [3.63, 3.8) is 0 Å². The van der Waals surface area contributed by atoms with Crippen molar-refractivity contribution in [1.82, 2.24) is 4.98 Å². The van der Waals surface area contributed by atoms with Crippen LogP contribution in [0.3, 0.4) is 0 Å². The van der Waals surface area contributed by atoms with Crippen LogP contribution in [0.4, 0.5) is 19.0 Å². The van der Waals surface area contributed by atoms with Gasteiger partial charge in [0.25, 0.3) is 0 Å². The minimum absolute atomic E-state index is 0.0652. The van der Waals surface area contributed by atoms with Crippen LogP contribution in [-0.4, -0.2) is 15.4 Å². The maximum atomic E-state index is 12.0. The lowest BCUT2D eigenvalue weighted by Gasteiger charge is -2.02. The Morgan fingerprint density at radius 3 is 2.53 bits per heavy atom. The number of pyridine rings is 1. The van der Waals surface area contributed by atoms with Gasteiger partial charge in [-0.25, -0.2) is 0 Å². The van der Waals surface area contributed by atoms with Crippen molar-refractivity contribution in [1.29, 1.82) is 0 Å². The highest BCUT2D eigenvalue weighted by Gasteiger charge is 2.34. The second kappa shape index (κ2) is 4.35. The van der Waals surface area contributed by atoms with Gasteiger partial charge in [0, 0.05) is 17.8 Å². The zero-order chi connectivity index (χ0) is 11.6. The quantitative estimate of drug-likeness (QED) is 0.477. The molecule has 0 N–H and O–H groups in total. The number of rotatable bonds is 2. The molecule has 0 bridgehead atoms. The van der Waals surface area contributed by atoms with E-state index in [0.717, 1.165) is 12.1 Å². The first-order valence-electron chi connectivity index (χ1n) is 3.36. The number of aromatic nitrogens is 1. The van der Waals surface area contributed by atoms with Crippen LogP contribution in [0.1, 0.15) is 0 Å². The van der Waals surface area contributed by atoms with E-state index in [0.29, 0.717) is 0 Å². The lowest BCUT2D eigenvalue weighted by Crippen LogP contribution is -2.02. The first-order valence-corrected chi connectivity index (χ1v) is 4.97. The average molecular weight is 303 g/mol. The Hall–Kier alpha value is -0.830. The maximum absolute atomic E-state index is 12.0. The Bertz CT molecular complexity index is 398. The number of thioether (sulfide) groups is 1. The number of hydrogen-bond acceptors (Lipinski definition) is 4. The van der Waals surface area contributed by atoms with E-state index >= 15 is 0 Å². The molecule has 0 spiro atoms. The smallest absolute Gasteiger partial charge is 0.358 e. The van der Waals surface area contributed by atoms with Crippen molar-refractivity contribution >= 4 is 33.5 Å². The molecule has 0 saturated carbocycles. The molecule has 9 heteroatoms. The number of hydrogen-bond donors (Lipinski definition) is 0. The number of alkyl halides is 3. The van der Waals surface area contributed by atoms with Crippen LogP contribution in [0.25, 0.3) is 0 Å². The molecule has 0 unspecified atom stereocenters. The highest BCUT2D eigenvalue weighted by atomic mass is 79.9. The molecule has 15 heavy (non-hydrogen) atoms. The van der Waals surface area contributed by atoms with Crippen molar-refractivity contribution in [3.05, 3.63) is 26.7 Å². The Morgan fingerprint density at radius 2 is 2.07 bits per heavy atom. The predicted molar refractivity (Wildman–Crippen MR) is 50.5 cm³/mol. The van der Waals surface area contributed by atoms with Gasteiger partial charge in [0.1, 0.15) is 0 Å². The minimum atomic E-state index is -4.52. The van der Waals surface area contributed by atoms with Gasteiger partial charge in [-0.05, 0) is 31.9 Å². The summed E-state index contributed by atoms with van der Waals surface area (Å²) in [5, 5.41) is 9.79. The largest absolute Gasteiger partial charge is 0.449 e. The molecule has 0 aliphatic rings. The Morgan fingerprint density at radius 1 is 1.47 bits per heavy atom. The summed E-state index contributed by atoms with van der Waals surface area (Å²) >= 11 is 2.32. The monoisotopic (exact) mass is 302 g/mol. The lowest BCUT2D eigenvalue weighted by molar-refractivity contribution is -0.390. The Kier molecular flexibility index (Phi) is 3.55. The summed E-state index contributed by atoms with van der Waals surface area (Å²) in [5.74, 6) is -0.620. The fourth-order valence-corrected chi connectivity index (χ4v) is 1.68. The SMILES string of the molecule is O=[N+]([O-])c1ccc(Br)c(SC(F)(F)F)n1. The predicted octanol–water partition coefficient (Wildman–Crippen LogP) is 3.36. The van der Waals surface area contributed by atoms with Crippen LogP contribution in [0.2, 0.25) is 0 Å². The van der Waals surface area contributed by atoms with E-state index in [4.69, 9.17) is 0 Å². The lowest BCUT2D eigenvalue weighted by atomic mass is 10.5. The van der Waals surface area contributed by atoms with Crippen LogP contribution >= 0.6 is 27.7 Å². The topological polar surface area (TPSA) is 56.0 Å². The molecule has 0 aliphatic heterocycles. The van der Waals surface area contributed by atoms with E-state index in [-0.39, 0.29) is 4.47 Å². The van der Waals surface area contributed by atoms with Gasteiger partial charge in [0.05, 0.1) is 4.47 Å². The molecule has 0 fully saturated rings.